The van der Waals surface area contributed by atoms with Gasteiger partial charge in [0.1, 0.15) is 13.2 Å². The number of non-ortho nitro benzene ring substituents is 1. The van der Waals surface area contributed by atoms with Crippen LogP contribution in [0.15, 0.2) is 46.8 Å². The Bertz CT molecular complexity index is 1240. The summed E-state index contributed by atoms with van der Waals surface area (Å²) in [4.78, 5) is 36.7. The van der Waals surface area contributed by atoms with Crippen molar-refractivity contribution in [3.8, 4) is 0 Å². The second-order valence-corrected chi connectivity index (χ2v) is 12.5. The minimum atomic E-state index is -3.42. The molecule has 0 saturated heterocycles. The molecule has 1 aromatic rings. The summed E-state index contributed by atoms with van der Waals surface area (Å²) in [6, 6.07) is 5.31. The number of sulfone groups is 2. The fourth-order valence-corrected chi connectivity index (χ4v) is 4.19. The largest absolute Gasteiger partial charge is 0.461 e. The topological polar surface area (TPSA) is 176 Å². The number of carbonyl (C=O) groups excluding carboxylic acids is 2. The first-order chi connectivity index (χ1) is 16.1. The van der Waals surface area contributed by atoms with Crippen LogP contribution in [0.3, 0.4) is 0 Å². The van der Waals surface area contributed by atoms with Gasteiger partial charge in [-0.25, -0.2) is 26.4 Å². The van der Waals surface area contributed by atoms with Crippen LogP contribution in [0, 0.1) is 10.1 Å². The summed E-state index contributed by atoms with van der Waals surface area (Å²) in [6.07, 6.45) is 1.96. The van der Waals surface area contributed by atoms with Gasteiger partial charge in [0, 0.05) is 36.0 Å². The Morgan fingerprint density at radius 2 is 1.40 bits per heavy atom. The van der Waals surface area contributed by atoms with Gasteiger partial charge in [0.25, 0.3) is 5.69 Å². The molecule has 0 saturated carbocycles. The SMILES string of the molecule is CC1=C(C(=O)OCCS(C)(=O)=O)C(c2cccc([N+](=O)[O-])c2)C(C(=O)OCCS(C)(=O)=O)=C(C)N1. The summed E-state index contributed by atoms with van der Waals surface area (Å²) in [5, 5.41) is 14.2. The molecule has 0 amide bonds. The lowest BCUT2D eigenvalue weighted by Crippen LogP contribution is -2.33. The summed E-state index contributed by atoms with van der Waals surface area (Å²) in [7, 11) is -6.83. The third kappa shape index (κ3) is 7.89. The first kappa shape index (κ1) is 28.0. The van der Waals surface area contributed by atoms with Crippen molar-refractivity contribution in [2.75, 3.05) is 37.2 Å². The normalized spacial score (nSPS) is 15.0. The van der Waals surface area contributed by atoms with Crippen molar-refractivity contribution in [3.05, 3.63) is 62.5 Å². The van der Waals surface area contributed by atoms with Crippen LogP contribution < -0.4 is 5.32 Å². The molecule has 1 aliphatic heterocycles. The molecule has 0 atom stereocenters. The number of ether oxygens (including phenoxy) is 2. The van der Waals surface area contributed by atoms with Crippen LogP contribution in [0.25, 0.3) is 0 Å². The van der Waals surface area contributed by atoms with Crippen molar-refractivity contribution in [2.45, 2.75) is 19.8 Å². The van der Waals surface area contributed by atoms with Crippen LogP contribution in [0.1, 0.15) is 25.3 Å². The van der Waals surface area contributed by atoms with Crippen molar-refractivity contribution in [2.24, 2.45) is 0 Å². The highest BCUT2D eigenvalue weighted by atomic mass is 32.2. The Morgan fingerprint density at radius 1 is 0.943 bits per heavy atom. The molecule has 1 heterocycles. The highest BCUT2D eigenvalue weighted by Crippen LogP contribution is 2.40. The summed E-state index contributed by atoms with van der Waals surface area (Å²) < 4.78 is 55.9. The van der Waals surface area contributed by atoms with Gasteiger partial charge in [0.2, 0.25) is 0 Å². The lowest BCUT2D eigenvalue weighted by atomic mass is 9.80. The van der Waals surface area contributed by atoms with E-state index in [-0.39, 0.29) is 33.8 Å². The highest BCUT2D eigenvalue weighted by Gasteiger charge is 2.38. The number of nitro groups is 1. The number of benzene rings is 1. The van der Waals surface area contributed by atoms with Gasteiger partial charge < -0.3 is 14.8 Å². The van der Waals surface area contributed by atoms with E-state index in [1.807, 2.05) is 0 Å². The van der Waals surface area contributed by atoms with Crippen molar-refractivity contribution < 1.29 is 40.8 Å². The Morgan fingerprint density at radius 3 is 1.80 bits per heavy atom. The fraction of sp³-hybridized carbons (Fsp3) is 0.429. The maximum Gasteiger partial charge on any atom is 0.336 e. The molecule has 2 rings (SSSR count). The van der Waals surface area contributed by atoms with Crippen LogP contribution in [-0.4, -0.2) is 70.9 Å². The second-order valence-electron chi connectivity index (χ2n) is 8.02. The monoisotopic (exact) mass is 530 g/mol. The van der Waals surface area contributed by atoms with Gasteiger partial charge in [-0.05, 0) is 19.4 Å². The third-order valence-electron chi connectivity index (χ3n) is 4.99. The van der Waals surface area contributed by atoms with Gasteiger partial charge >= 0.3 is 11.9 Å². The first-order valence-corrected chi connectivity index (χ1v) is 14.4. The summed E-state index contributed by atoms with van der Waals surface area (Å²) in [5.41, 5.74) is 0.363. The molecule has 0 bridgehead atoms. The smallest absolute Gasteiger partial charge is 0.336 e. The van der Waals surface area contributed by atoms with E-state index in [2.05, 4.69) is 5.32 Å². The van der Waals surface area contributed by atoms with E-state index >= 15 is 0 Å². The zero-order valence-corrected chi connectivity index (χ0v) is 21.2. The van der Waals surface area contributed by atoms with E-state index in [0.717, 1.165) is 12.5 Å². The molecule has 0 aliphatic carbocycles. The molecular weight excluding hydrogens is 504 g/mol. The molecule has 0 spiro atoms. The Labute approximate surface area is 203 Å². The van der Waals surface area contributed by atoms with Crippen LogP contribution in [0.4, 0.5) is 5.69 Å². The van der Waals surface area contributed by atoms with E-state index in [1.54, 1.807) is 0 Å². The van der Waals surface area contributed by atoms with E-state index in [0.29, 0.717) is 0 Å². The predicted molar refractivity (Wildman–Crippen MR) is 126 cm³/mol. The molecule has 0 unspecified atom stereocenters. The average Bonchev–Trinajstić information content (AvgIpc) is 2.71. The lowest BCUT2D eigenvalue weighted by Gasteiger charge is -2.30. The van der Waals surface area contributed by atoms with Gasteiger partial charge in [-0.1, -0.05) is 12.1 Å². The fourth-order valence-electron chi connectivity index (χ4n) is 3.41. The van der Waals surface area contributed by atoms with E-state index < -0.39 is 67.2 Å². The number of nitrogens with zero attached hydrogens (tertiary/aromatic N) is 1. The maximum atomic E-state index is 13.0. The number of dihydropyridines is 1. The zero-order valence-electron chi connectivity index (χ0n) is 19.6. The van der Waals surface area contributed by atoms with Gasteiger partial charge in [-0.2, -0.15) is 0 Å². The number of nitrogens with one attached hydrogen (secondary N) is 1. The molecule has 1 N–H and O–H groups in total. The maximum absolute atomic E-state index is 13.0. The molecule has 192 valence electrons. The number of hydrogen-bond donors (Lipinski definition) is 1. The minimum absolute atomic E-state index is 0.0698. The van der Waals surface area contributed by atoms with E-state index in [1.165, 1.54) is 38.1 Å². The molecule has 35 heavy (non-hydrogen) atoms. The second kappa shape index (κ2) is 11.0. The molecular formula is C21H26N2O10S2. The standard InChI is InChI=1S/C21H26N2O10S2/c1-13-17(20(24)32-8-10-34(3,28)29)19(15-6-5-7-16(12-15)23(26)27)18(14(2)22-13)21(25)33-9-11-35(4,30)31/h5-7,12,19,22H,8-11H2,1-4H3. The Hall–Kier alpha value is -3.26. The van der Waals surface area contributed by atoms with Gasteiger partial charge in [0.15, 0.2) is 19.7 Å². The zero-order chi connectivity index (χ0) is 26.6. The van der Waals surface area contributed by atoms with Crippen LogP contribution in [0.2, 0.25) is 0 Å². The van der Waals surface area contributed by atoms with Crippen molar-refractivity contribution >= 4 is 37.3 Å². The predicted octanol–water partition coefficient (Wildman–Crippen LogP) is 1.01. The quantitative estimate of drug-likeness (QED) is 0.259. The van der Waals surface area contributed by atoms with Crippen molar-refractivity contribution in [1.29, 1.82) is 0 Å². The molecule has 0 fully saturated rings. The van der Waals surface area contributed by atoms with Crippen LogP contribution in [0.5, 0.6) is 0 Å². The summed E-state index contributed by atoms with van der Waals surface area (Å²) >= 11 is 0. The average molecular weight is 531 g/mol. The Balaban J connectivity index is 2.52. The third-order valence-corrected chi connectivity index (χ3v) is 6.81. The van der Waals surface area contributed by atoms with E-state index in [9.17, 15) is 36.5 Å². The summed E-state index contributed by atoms with van der Waals surface area (Å²) in [5.74, 6) is -3.86. The number of allylic oxidation sites excluding steroid dienone is 2. The van der Waals surface area contributed by atoms with Crippen LogP contribution in [-0.2, 0) is 38.7 Å². The van der Waals surface area contributed by atoms with Crippen molar-refractivity contribution in [3.63, 3.8) is 0 Å². The number of carbonyl (C=O) groups is 2. The van der Waals surface area contributed by atoms with Gasteiger partial charge in [0.05, 0.1) is 33.5 Å². The molecule has 0 radical (unpaired) electrons. The Kier molecular flexibility index (Phi) is 8.79. The summed E-state index contributed by atoms with van der Waals surface area (Å²) in [6.45, 7) is 2.19. The number of rotatable bonds is 10. The number of hydrogen-bond acceptors (Lipinski definition) is 11. The lowest BCUT2D eigenvalue weighted by molar-refractivity contribution is -0.384. The molecule has 1 aromatic carbocycles. The number of esters is 2. The van der Waals surface area contributed by atoms with Gasteiger partial charge in [-0.15, -0.1) is 0 Å². The van der Waals surface area contributed by atoms with E-state index in [4.69, 9.17) is 9.47 Å². The van der Waals surface area contributed by atoms with Gasteiger partial charge in [-0.3, -0.25) is 10.1 Å². The molecule has 0 aromatic heterocycles. The van der Waals surface area contributed by atoms with Crippen molar-refractivity contribution in [1.82, 2.24) is 5.32 Å². The van der Waals surface area contributed by atoms with Crippen LogP contribution >= 0.6 is 0 Å². The number of nitro benzene ring substituents is 1. The molecule has 12 nitrogen and oxygen atoms in total. The minimum Gasteiger partial charge on any atom is -0.461 e. The molecule has 1 aliphatic rings. The first-order valence-electron chi connectivity index (χ1n) is 10.2. The highest BCUT2D eigenvalue weighted by molar-refractivity contribution is 7.90. The molecule has 14 heteroatoms.